The van der Waals surface area contributed by atoms with Crippen LogP contribution in [0.15, 0.2) is 24.3 Å². The number of hydrogen-bond donors (Lipinski definition) is 0. The third kappa shape index (κ3) is 4.33. The molecule has 0 bridgehead atoms. The van der Waals surface area contributed by atoms with E-state index in [2.05, 4.69) is 0 Å². The van der Waals surface area contributed by atoms with Gasteiger partial charge in [0.1, 0.15) is 12.4 Å². The third-order valence-electron chi connectivity index (χ3n) is 1.92. The predicted molar refractivity (Wildman–Crippen MR) is 61.6 cm³/mol. The molecule has 0 N–H and O–H groups in total. The molecule has 0 amide bonds. The molecule has 0 aliphatic rings. The monoisotopic (exact) mass is 237 g/mol. The second kappa shape index (κ2) is 6.86. The second-order valence-corrected chi connectivity index (χ2v) is 3.61. The molecular weight excluding hydrogens is 226 g/mol. The third-order valence-corrected chi connectivity index (χ3v) is 2.08. The molecular formula is C12H12ClNO2. The van der Waals surface area contributed by atoms with E-state index in [9.17, 15) is 4.79 Å². The Morgan fingerprint density at radius 3 is 3.00 bits per heavy atom. The van der Waals surface area contributed by atoms with Gasteiger partial charge < -0.3 is 4.74 Å². The smallest absolute Gasteiger partial charge is 0.151 e. The number of alkyl halides is 1. The van der Waals surface area contributed by atoms with Crippen molar-refractivity contribution in [3.63, 3.8) is 0 Å². The van der Waals surface area contributed by atoms with Crippen molar-refractivity contribution in [1.82, 2.24) is 0 Å². The summed E-state index contributed by atoms with van der Waals surface area (Å²) in [7, 11) is 0. The van der Waals surface area contributed by atoms with Gasteiger partial charge in [0.15, 0.2) is 5.78 Å². The number of Topliss-reactive ketones (excluding diaryl/α,β-unsaturated/α-hetero) is 1. The van der Waals surface area contributed by atoms with Crippen LogP contribution in [0.25, 0.3) is 0 Å². The molecule has 1 aromatic carbocycles. The fraction of sp³-hybridized carbons (Fsp3) is 0.333. The van der Waals surface area contributed by atoms with E-state index >= 15 is 0 Å². The first-order valence-corrected chi connectivity index (χ1v) is 5.46. The van der Waals surface area contributed by atoms with Crippen LogP contribution < -0.4 is 4.74 Å². The van der Waals surface area contributed by atoms with Crippen molar-refractivity contribution in [2.24, 2.45) is 0 Å². The molecule has 0 aliphatic heterocycles. The van der Waals surface area contributed by atoms with Crippen LogP contribution in [0, 0.1) is 11.3 Å². The van der Waals surface area contributed by atoms with Gasteiger partial charge in [-0.25, -0.2) is 0 Å². The van der Waals surface area contributed by atoms with E-state index in [1.165, 1.54) is 0 Å². The molecule has 0 spiro atoms. The molecule has 0 radical (unpaired) electrons. The first kappa shape index (κ1) is 12.5. The van der Waals surface area contributed by atoms with Crippen molar-refractivity contribution in [3.8, 4) is 11.8 Å². The number of carbonyl (C=O) groups excluding carboxylic acids is 1. The summed E-state index contributed by atoms with van der Waals surface area (Å²) >= 11 is 5.50. The SMILES string of the molecule is N#CCC(=O)Cc1cccc(OCCCl)c1. The van der Waals surface area contributed by atoms with E-state index in [0.29, 0.717) is 18.2 Å². The molecule has 3 nitrogen and oxygen atoms in total. The van der Waals surface area contributed by atoms with Crippen LogP contribution in [0.3, 0.4) is 0 Å². The number of benzene rings is 1. The summed E-state index contributed by atoms with van der Waals surface area (Å²) in [5.41, 5.74) is 0.854. The molecule has 16 heavy (non-hydrogen) atoms. The molecule has 0 heterocycles. The minimum absolute atomic E-state index is 0.0488. The lowest BCUT2D eigenvalue weighted by Gasteiger charge is -2.05. The van der Waals surface area contributed by atoms with Gasteiger partial charge in [-0.2, -0.15) is 5.26 Å². The Bertz CT molecular complexity index is 398. The largest absolute Gasteiger partial charge is 0.492 e. The number of nitriles is 1. The maximum absolute atomic E-state index is 11.3. The maximum Gasteiger partial charge on any atom is 0.151 e. The predicted octanol–water partition coefficient (Wildman–Crippen LogP) is 2.33. The van der Waals surface area contributed by atoms with Crippen LogP contribution in [-0.4, -0.2) is 18.3 Å². The van der Waals surface area contributed by atoms with Gasteiger partial charge in [-0.1, -0.05) is 12.1 Å². The lowest BCUT2D eigenvalue weighted by molar-refractivity contribution is -0.117. The lowest BCUT2D eigenvalue weighted by atomic mass is 10.1. The minimum Gasteiger partial charge on any atom is -0.492 e. The zero-order chi connectivity index (χ0) is 11.8. The van der Waals surface area contributed by atoms with Crippen LogP contribution in [0.5, 0.6) is 5.75 Å². The van der Waals surface area contributed by atoms with Crippen LogP contribution >= 0.6 is 11.6 Å². The van der Waals surface area contributed by atoms with Crippen molar-refractivity contribution < 1.29 is 9.53 Å². The van der Waals surface area contributed by atoms with Crippen molar-refractivity contribution >= 4 is 17.4 Å². The van der Waals surface area contributed by atoms with Crippen LogP contribution in [0.4, 0.5) is 0 Å². The maximum atomic E-state index is 11.3. The summed E-state index contributed by atoms with van der Waals surface area (Å²) in [5, 5.41) is 8.38. The molecule has 0 unspecified atom stereocenters. The Hall–Kier alpha value is -1.53. The molecule has 1 aromatic rings. The minimum atomic E-state index is -0.0861. The Labute approximate surface area is 99.6 Å². The number of ketones is 1. The van der Waals surface area contributed by atoms with Gasteiger partial charge in [-0.3, -0.25) is 4.79 Å². The number of ether oxygens (including phenoxy) is 1. The molecule has 0 aliphatic carbocycles. The van der Waals surface area contributed by atoms with Crippen LogP contribution in [0.1, 0.15) is 12.0 Å². The van der Waals surface area contributed by atoms with E-state index in [0.717, 1.165) is 5.56 Å². The van der Waals surface area contributed by atoms with Gasteiger partial charge in [0.2, 0.25) is 0 Å². The lowest BCUT2D eigenvalue weighted by Crippen LogP contribution is -2.02. The molecule has 0 atom stereocenters. The Morgan fingerprint density at radius 2 is 2.31 bits per heavy atom. The number of rotatable bonds is 6. The van der Waals surface area contributed by atoms with E-state index in [-0.39, 0.29) is 18.6 Å². The second-order valence-electron chi connectivity index (χ2n) is 3.24. The zero-order valence-electron chi connectivity index (χ0n) is 8.78. The van der Waals surface area contributed by atoms with Crippen molar-refractivity contribution in [2.45, 2.75) is 12.8 Å². The van der Waals surface area contributed by atoms with Gasteiger partial charge in [0.25, 0.3) is 0 Å². The van der Waals surface area contributed by atoms with Gasteiger partial charge in [-0.05, 0) is 17.7 Å². The Morgan fingerprint density at radius 1 is 1.50 bits per heavy atom. The first-order valence-electron chi connectivity index (χ1n) is 4.92. The molecule has 0 saturated heterocycles. The fourth-order valence-corrected chi connectivity index (χ4v) is 1.36. The van der Waals surface area contributed by atoms with Crippen LogP contribution in [0.2, 0.25) is 0 Å². The fourth-order valence-electron chi connectivity index (χ4n) is 1.28. The summed E-state index contributed by atoms with van der Waals surface area (Å²) < 4.78 is 5.33. The Balaban J connectivity index is 2.60. The van der Waals surface area contributed by atoms with Gasteiger partial charge in [0, 0.05) is 6.42 Å². The van der Waals surface area contributed by atoms with Crippen LogP contribution in [-0.2, 0) is 11.2 Å². The quantitative estimate of drug-likeness (QED) is 0.714. The van der Waals surface area contributed by atoms with E-state index in [1.54, 1.807) is 6.07 Å². The number of hydrogen-bond acceptors (Lipinski definition) is 3. The average molecular weight is 238 g/mol. The van der Waals surface area contributed by atoms with E-state index in [4.69, 9.17) is 21.6 Å². The molecule has 0 aromatic heterocycles. The van der Waals surface area contributed by atoms with E-state index < -0.39 is 0 Å². The molecule has 0 fully saturated rings. The van der Waals surface area contributed by atoms with E-state index in [1.807, 2.05) is 24.3 Å². The average Bonchev–Trinajstić information content (AvgIpc) is 2.27. The molecule has 1 rings (SSSR count). The molecule has 0 saturated carbocycles. The zero-order valence-corrected chi connectivity index (χ0v) is 9.54. The summed E-state index contributed by atoms with van der Waals surface area (Å²) in [6.45, 7) is 0.442. The molecule has 4 heteroatoms. The summed E-state index contributed by atoms with van der Waals surface area (Å²) in [4.78, 5) is 11.3. The summed E-state index contributed by atoms with van der Waals surface area (Å²) in [6, 6.07) is 9.10. The topological polar surface area (TPSA) is 50.1 Å². The van der Waals surface area contributed by atoms with Crippen molar-refractivity contribution in [2.75, 3.05) is 12.5 Å². The van der Waals surface area contributed by atoms with Gasteiger partial charge in [-0.15, -0.1) is 11.6 Å². The Kier molecular flexibility index (Phi) is 5.38. The van der Waals surface area contributed by atoms with Gasteiger partial charge in [0.05, 0.1) is 18.4 Å². The number of nitrogens with zero attached hydrogens (tertiary/aromatic N) is 1. The first-order chi connectivity index (χ1) is 7.76. The summed E-state index contributed by atoms with van der Waals surface area (Å²) in [5.74, 6) is 1.04. The number of halogens is 1. The normalized spacial score (nSPS) is 9.50. The highest BCUT2D eigenvalue weighted by Gasteiger charge is 2.04. The highest BCUT2D eigenvalue weighted by Crippen LogP contribution is 2.14. The van der Waals surface area contributed by atoms with Gasteiger partial charge >= 0.3 is 0 Å². The van der Waals surface area contributed by atoms with Crippen molar-refractivity contribution in [1.29, 1.82) is 5.26 Å². The van der Waals surface area contributed by atoms with Crippen molar-refractivity contribution in [3.05, 3.63) is 29.8 Å². The highest BCUT2D eigenvalue weighted by molar-refractivity contribution is 6.18. The highest BCUT2D eigenvalue weighted by atomic mass is 35.5. The molecule has 84 valence electrons. The standard InChI is InChI=1S/C12H12ClNO2/c13-5-7-16-12-3-1-2-10(9-12)8-11(15)4-6-14/h1-3,9H,4-5,7-8H2. The number of carbonyl (C=O) groups is 1. The summed E-state index contributed by atoms with van der Waals surface area (Å²) in [6.07, 6.45) is 0.221.